The van der Waals surface area contributed by atoms with Crippen LogP contribution in [0.4, 0.5) is 11.5 Å². The number of rotatable bonds is 9. The molecule has 0 aliphatic carbocycles. The van der Waals surface area contributed by atoms with Gasteiger partial charge in [-0.15, -0.1) is 0 Å². The maximum absolute atomic E-state index is 12.6. The van der Waals surface area contributed by atoms with Crippen LogP contribution in [-0.2, 0) is 18.3 Å². The number of ketones is 1. The number of hydrogen-bond donors (Lipinski definition) is 1. The summed E-state index contributed by atoms with van der Waals surface area (Å²) in [5.74, 6) is -1.66. The summed E-state index contributed by atoms with van der Waals surface area (Å²) < 4.78 is 7.08. The highest BCUT2D eigenvalue weighted by atomic mass is 16.5. The molecule has 0 saturated heterocycles. The van der Waals surface area contributed by atoms with Crippen LogP contribution in [0.2, 0.25) is 0 Å². The molecule has 0 unspecified atom stereocenters. The van der Waals surface area contributed by atoms with E-state index in [0.29, 0.717) is 6.42 Å². The summed E-state index contributed by atoms with van der Waals surface area (Å²) in [7, 11) is 1.27. The van der Waals surface area contributed by atoms with E-state index in [1.54, 1.807) is 24.3 Å². The summed E-state index contributed by atoms with van der Waals surface area (Å²) in [6.07, 6.45) is 0.592. The molecule has 9 nitrogen and oxygen atoms in total. The Morgan fingerprint density at radius 2 is 1.67 bits per heavy atom. The van der Waals surface area contributed by atoms with Crippen molar-refractivity contribution in [2.45, 2.75) is 33.7 Å². The molecule has 0 fully saturated rings. The Bertz CT molecular complexity index is 1030. The van der Waals surface area contributed by atoms with Crippen molar-refractivity contribution >= 4 is 23.3 Å². The van der Waals surface area contributed by atoms with Gasteiger partial charge < -0.3 is 15.4 Å². The SMILES string of the molecule is CCCn1c(N)c(C(=O)COC(=O)c2ccc(N(CC)CC)cc2)c(=O)n(C)c1=O. The van der Waals surface area contributed by atoms with Crippen LogP contribution in [0.1, 0.15) is 47.9 Å². The smallest absolute Gasteiger partial charge is 0.338 e. The third kappa shape index (κ3) is 4.61. The second-order valence-electron chi connectivity index (χ2n) is 6.78. The van der Waals surface area contributed by atoms with Crippen molar-refractivity contribution in [1.29, 1.82) is 0 Å². The fourth-order valence-corrected chi connectivity index (χ4v) is 3.17. The van der Waals surface area contributed by atoms with Crippen molar-refractivity contribution in [3.8, 4) is 0 Å². The third-order valence-corrected chi connectivity index (χ3v) is 4.88. The Kier molecular flexibility index (Phi) is 7.57. The molecule has 0 amide bonds. The summed E-state index contributed by atoms with van der Waals surface area (Å²) >= 11 is 0. The molecule has 2 N–H and O–H groups in total. The average Bonchev–Trinajstić information content (AvgIpc) is 2.75. The van der Waals surface area contributed by atoms with Crippen LogP contribution in [0, 0.1) is 0 Å². The Balaban J connectivity index is 2.19. The summed E-state index contributed by atoms with van der Waals surface area (Å²) in [5.41, 5.74) is 5.42. The fraction of sp³-hybridized carbons (Fsp3) is 0.429. The van der Waals surface area contributed by atoms with Gasteiger partial charge in [0.25, 0.3) is 5.56 Å². The van der Waals surface area contributed by atoms with E-state index in [1.807, 2.05) is 20.8 Å². The number of carbonyl (C=O) groups excluding carboxylic acids is 2. The molecule has 0 bridgehead atoms. The molecular weight excluding hydrogens is 388 g/mol. The molecule has 1 aromatic heterocycles. The number of aromatic nitrogens is 2. The standard InChI is InChI=1S/C21H28N4O5/c1-5-12-25-18(22)17(19(27)23(4)21(25)29)16(26)13-30-20(28)14-8-10-15(11-9-14)24(6-2)7-3/h8-11H,5-7,12-13,22H2,1-4H3. The molecule has 0 spiro atoms. The zero-order chi connectivity index (χ0) is 22.4. The van der Waals surface area contributed by atoms with E-state index in [-0.39, 0.29) is 23.5 Å². The highest BCUT2D eigenvalue weighted by molar-refractivity contribution is 6.02. The van der Waals surface area contributed by atoms with Crippen LogP contribution in [0.5, 0.6) is 0 Å². The number of Topliss-reactive ketones (excluding diaryl/α,β-unsaturated/α-hetero) is 1. The van der Waals surface area contributed by atoms with Crippen molar-refractivity contribution in [3.63, 3.8) is 0 Å². The number of anilines is 2. The van der Waals surface area contributed by atoms with Gasteiger partial charge in [0, 0.05) is 32.4 Å². The Morgan fingerprint density at radius 3 is 2.20 bits per heavy atom. The monoisotopic (exact) mass is 416 g/mol. The normalized spacial score (nSPS) is 10.7. The predicted molar refractivity (Wildman–Crippen MR) is 115 cm³/mol. The van der Waals surface area contributed by atoms with Crippen molar-refractivity contribution in [1.82, 2.24) is 9.13 Å². The molecule has 0 saturated carbocycles. The van der Waals surface area contributed by atoms with Crippen LogP contribution in [0.3, 0.4) is 0 Å². The number of nitrogens with zero attached hydrogens (tertiary/aromatic N) is 3. The first-order valence-electron chi connectivity index (χ1n) is 9.91. The Hall–Kier alpha value is -3.36. The summed E-state index contributed by atoms with van der Waals surface area (Å²) in [6.45, 7) is 7.20. The van der Waals surface area contributed by atoms with E-state index >= 15 is 0 Å². The number of carbonyl (C=O) groups is 2. The lowest BCUT2D eigenvalue weighted by Crippen LogP contribution is -2.43. The van der Waals surface area contributed by atoms with E-state index in [0.717, 1.165) is 23.3 Å². The van der Waals surface area contributed by atoms with Gasteiger partial charge in [0.05, 0.1) is 5.56 Å². The maximum Gasteiger partial charge on any atom is 0.338 e. The zero-order valence-electron chi connectivity index (χ0n) is 17.8. The van der Waals surface area contributed by atoms with E-state index in [1.165, 1.54) is 11.6 Å². The lowest BCUT2D eigenvalue weighted by molar-refractivity contribution is 0.0474. The van der Waals surface area contributed by atoms with Crippen LogP contribution in [0.25, 0.3) is 0 Å². The molecule has 0 aliphatic rings. The number of nitrogens with two attached hydrogens (primary N) is 1. The third-order valence-electron chi connectivity index (χ3n) is 4.88. The van der Waals surface area contributed by atoms with Gasteiger partial charge in [-0.05, 0) is 44.5 Å². The topological polar surface area (TPSA) is 117 Å². The molecule has 9 heteroatoms. The maximum atomic E-state index is 12.6. The lowest BCUT2D eigenvalue weighted by Gasteiger charge is -2.20. The number of ether oxygens (including phenoxy) is 1. The van der Waals surface area contributed by atoms with E-state index in [9.17, 15) is 19.2 Å². The van der Waals surface area contributed by atoms with E-state index < -0.39 is 29.6 Å². The van der Waals surface area contributed by atoms with Gasteiger partial charge in [-0.3, -0.25) is 18.7 Å². The number of esters is 1. The predicted octanol–water partition coefficient (Wildman–Crippen LogP) is 1.43. The lowest BCUT2D eigenvalue weighted by atomic mass is 10.2. The second-order valence-corrected chi connectivity index (χ2v) is 6.78. The van der Waals surface area contributed by atoms with Crippen LogP contribution < -0.4 is 21.9 Å². The number of benzene rings is 1. The highest BCUT2D eigenvalue weighted by Gasteiger charge is 2.22. The van der Waals surface area contributed by atoms with E-state index in [2.05, 4.69) is 4.90 Å². The van der Waals surface area contributed by atoms with Crippen molar-refractivity contribution < 1.29 is 14.3 Å². The largest absolute Gasteiger partial charge is 0.454 e. The van der Waals surface area contributed by atoms with Crippen molar-refractivity contribution in [2.24, 2.45) is 7.05 Å². The van der Waals surface area contributed by atoms with Gasteiger partial charge in [0.2, 0.25) is 5.78 Å². The first kappa shape index (κ1) is 22.9. The minimum atomic E-state index is -0.811. The molecule has 1 aromatic carbocycles. The Labute approximate surface area is 174 Å². The first-order chi connectivity index (χ1) is 14.3. The average molecular weight is 416 g/mol. The molecule has 0 radical (unpaired) electrons. The fourth-order valence-electron chi connectivity index (χ4n) is 3.17. The van der Waals surface area contributed by atoms with E-state index in [4.69, 9.17) is 10.5 Å². The molecule has 2 rings (SSSR count). The quantitative estimate of drug-likeness (QED) is 0.485. The van der Waals surface area contributed by atoms with Crippen molar-refractivity contribution in [2.75, 3.05) is 30.3 Å². The molecule has 0 atom stereocenters. The van der Waals surface area contributed by atoms with Crippen LogP contribution in [0.15, 0.2) is 33.9 Å². The molecule has 30 heavy (non-hydrogen) atoms. The second kappa shape index (κ2) is 9.91. The van der Waals surface area contributed by atoms with Crippen LogP contribution in [-0.4, -0.2) is 40.6 Å². The molecule has 1 heterocycles. The Morgan fingerprint density at radius 1 is 1.07 bits per heavy atom. The molecule has 0 aliphatic heterocycles. The van der Waals surface area contributed by atoms with Gasteiger partial charge in [-0.2, -0.15) is 0 Å². The molecule has 162 valence electrons. The number of nitrogen functional groups attached to an aromatic ring is 1. The number of hydrogen-bond acceptors (Lipinski definition) is 7. The van der Waals surface area contributed by atoms with Gasteiger partial charge >= 0.3 is 11.7 Å². The zero-order valence-corrected chi connectivity index (χ0v) is 17.8. The molecular formula is C21H28N4O5. The first-order valence-corrected chi connectivity index (χ1v) is 9.91. The summed E-state index contributed by atoms with van der Waals surface area (Å²) in [4.78, 5) is 51.6. The van der Waals surface area contributed by atoms with Gasteiger partial charge in [-0.25, -0.2) is 9.59 Å². The highest BCUT2D eigenvalue weighted by Crippen LogP contribution is 2.16. The van der Waals surface area contributed by atoms with Crippen molar-refractivity contribution in [3.05, 3.63) is 56.2 Å². The molecule has 2 aromatic rings. The van der Waals surface area contributed by atoms with Crippen LogP contribution >= 0.6 is 0 Å². The summed E-state index contributed by atoms with van der Waals surface area (Å²) in [6, 6.07) is 6.85. The minimum absolute atomic E-state index is 0.213. The summed E-state index contributed by atoms with van der Waals surface area (Å²) in [5, 5.41) is 0. The van der Waals surface area contributed by atoms with Gasteiger partial charge in [0.15, 0.2) is 6.61 Å². The van der Waals surface area contributed by atoms with Gasteiger partial charge in [-0.1, -0.05) is 6.92 Å². The minimum Gasteiger partial charge on any atom is -0.454 e. The van der Waals surface area contributed by atoms with Gasteiger partial charge in [0.1, 0.15) is 11.4 Å².